The van der Waals surface area contributed by atoms with Crippen LogP contribution in [0.5, 0.6) is 11.5 Å². The van der Waals surface area contributed by atoms with Crippen LogP contribution in [0.1, 0.15) is 40.9 Å². The highest BCUT2D eigenvalue weighted by Crippen LogP contribution is 2.28. The van der Waals surface area contributed by atoms with Gasteiger partial charge in [-0.2, -0.15) is 10.4 Å². The summed E-state index contributed by atoms with van der Waals surface area (Å²) in [7, 11) is 1.52. The fraction of sp³-hybridized carbons (Fsp3) is 0.214. The zero-order valence-corrected chi connectivity index (χ0v) is 21.5. The molecular formula is C28H27ClN4O4. The van der Waals surface area contributed by atoms with E-state index < -0.39 is 17.9 Å². The molecule has 0 aliphatic heterocycles. The summed E-state index contributed by atoms with van der Waals surface area (Å²) in [5.74, 6) is -0.0673. The first kappa shape index (κ1) is 27.2. The summed E-state index contributed by atoms with van der Waals surface area (Å²) in [5, 5.41) is 16.4. The lowest BCUT2D eigenvalue weighted by Gasteiger charge is -2.20. The average molecular weight is 519 g/mol. The van der Waals surface area contributed by atoms with E-state index >= 15 is 0 Å². The van der Waals surface area contributed by atoms with Crippen molar-refractivity contribution < 1.29 is 19.1 Å². The lowest BCUT2D eigenvalue weighted by Crippen LogP contribution is -2.48. The SMILES string of the molecule is COc1cc(C=NNC(=O)C(NC(=O)c2cccc(Cl)c2)C(C)C)ccc1OCc1ccccc1C#N. The van der Waals surface area contributed by atoms with Crippen LogP contribution in [-0.2, 0) is 11.4 Å². The standard InChI is InChI=1S/C28H27ClN4O4/c1-18(2)26(32-27(34)20-9-6-10-23(29)14-20)28(35)33-31-16-19-11-12-24(25(13-19)36-3)37-17-22-8-5-4-7-21(22)15-30/h4-14,16,18,26H,17H2,1-3H3,(H,32,34)(H,33,35). The van der Waals surface area contributed by atoms with Crippen LogP contribution in [0.25, 0.3) is 0 Å². The second kappa shape index (κ2) is 13.1. The maximum absolute atomic E-state index is 12.7. The molecule has 0 bridgehead atoms. The molecule has 0 fully saturated rings. The first-order valence-corrected chi connectivity index (χ1v) is 11.9. The monoisotopic (exact) mass is 518 g/mol. The molecule has 0 heterocycles. The van der Waals surface area contributed by atoms with Crippen LogP contribution < -0.4 is 20.2 Å². The highest BCUT2D eigenvalue weighted by molar-refractivity contribution is 6.31. The molecule has 37 heavy (non-hydrogen) atoms. The van der Waals surface area contributed by atoms with Crippen LogP contribution in [-0.4, -0.2) is 31.2 Å². The minimum Gasteiger partial charge on any atom is -0.493 e. The van der Waals surface area contributed by atoms with E-state index in [9.17, 15) is 14.9 Å². The number of methoxy groups -OCH3 is 1. The second-order valence-electron chi connectivity index (χ2n) is 8.41. The molecule has 0 radical (unpaired) electrons. The van der Waals surface area contributed by atoms with Crippen LogP contribution in [0.4, 0.5) is 0 Å². The van der Waals surface area contributed by atoms with Crippen LogP contribution in [0.15, 0.2) is 71.8 Å². The minimum atomic E-state index is -0.801. The molecule has 2 N–H and O–H groups in total. The smallest absolute Gasteiger partial charge is 0.262 e. The summed E-state index contributed by atoms with van der Waals surface area (Å²) in [4.78, 5) is 25.3. The number of carbonyl (C=O) groups is 2. The third-order valence-electron chi connectivity index (χ3n) is 5.42. The Morgan fingerprint density at radius 2 is 1.86 bits per heavy atom. The molecule has 190 valence electrons. The third-order valence-corrected chi connectivity index (χ3v) is 5.65. The van der Waals surface area contributed by atoms with Gasteiger partial charge in [-0.25, -0.2) is 5.43 Å². The molecule has 3 aromatic rings. The summed E-state index contributed by atoms with van der Waals surface area (Å²) in [5.41, 5.74) is 4.81. The Balaban J connectivity index is 1.63. The third kappa shape index (κ3) is 7.56. The first-order chi connectivity index (χ1) is 17.8. The van der Waals surface area contributed by atoms with Crippen LogP contribution in [0.2, 0.25) is 5.02 Å². The van der Waals surface area contributed by atoms with Gasteiger partial charge < -0.3 is 14.8 Å². The molecule has 0 spiro atoms. The van der Waals surface area contributed by atoms with Crippen LogP contribution >= 0.6 is 11.6 Å². The number of ether oxygens (including phenoxy) is 2. The van der Waals surface area contributed by atoms with E-state index in [0.29, 0.717) is 33.2 Å². The maximum Gasteiger partial charge on any atom is 0.262 e. The lowest BCUT2D eigenvalue weighted by molar-refractivity contribution is -0.123. The molecule has 2 amide bonds. The summed E-state index contributed by atoms with van der Waals surface area (Å²) in [6.45, 7) is 3.86. The summed E-state index contributed by atoms with van der Waals surface area (Å²) < 4.78 is 11.3. The number of nitrogens with one attached hydrogen (secondary N) is 2. The number of hydrogen-bond donors (Lipinski definition) is 2. The van der Waals surface area contributed by atoms with Crippen molar-refractivity contribution in [3.63, 3.8) is 0 Å². The fourth-order valence-electron chi connectivity index (χ4n) is 3.42. The zero-order chi connectivity index (χ0) is 26.8. The van der Waals surface area contributed by atoms with Gasteiger partial charge in [-0.15, -0.1) is 0 Å². The average Bonchev–Trinajstić information content (AvgIpc) is 2.90. The molecule has 9 heteroatoms. The molecule has 1 unspecified atom stereocenters. The minimum absolute atomic E-state index is 0.180. The van der Waals surface area contributed by atoms with Crippen molar-refractivity contribution in [1.82, 2.24) is 10.7 Å². The van der Waals surface area contributed by atoms with Gasteiger partial charge in [-0.05, 0) is 53.9 Å². The Kier molecular flexibility index (Phi) is 9.64. The van der Waals surface area contributed by atoms with Gasteiger partial charge in [0.15, 0.2) is 11.5 Å². The maximum atomic E-state index is 12.7. The molecule has 0 aliphatic carbocycles. The van der Waals surface area contributed by atoms with Crippen molar-refractivity contribution in [3.8, 4) is 17.6 Å². The van der Waals surface area contributed by atoms with Crippen molar-refractivity contribution in [3.05, 3.63) is 94.0 Å². The Morgan fingerprint density at radius 3 is 2.57 bits per heavy atom. The second-order valence-corrected chi connectivity index (χ2v) is 8.84. The van der Waals surface area contributed by atoms with Crippen LogP contribution in [0.3, 0.4) is 0 Å². The molecule has 0 saturated heterocycles. The molecule has 3 rings (SSSR count). The fourth-order valence-corrected chi connectivity index (χ4v) is 3.61. The van der Waals surface area contributed by atoms with E-state index in [4.69, 9.17) is 21.1 Å². The number of hydrogen-bond acceptors (Lipinski definition) is 6. The number of carbonyl (C=O) groups excluding carboxylic acids is 2. The Hall–Kier alpha value is -4.35. The Morgan fingerprint density at radius 1 is 1.08 bits per heavy atom. The molecule has 3 aromatic carbocycles. The Labute approximate surface area is 220 Å². The predicted octanol–water partition coefficient (Wildman–Crippen LogP) is 4.70. The number of rotatable bonds is 10. The van der Waals surface area contributed by atoms with E-state index in [2.05, 4.69) is 21.9 Å². The number of nitriles is 1. The summed E-state index contributed by atoms with van der Waals surface area (Å²) in [6, 6.07) is 20.2. The van der Waals surface area contributed by atoms with Crippen molar-refractivity contribution in [2.24, 2.45) is 11.0 Å². The summed E-state index contributed by atoms with van der Waals surface area (Å²) in [6.07, 6.45) is 1.46. The lowest BCUT2D eigenvalue weighted by atomic mass is 10.0. The van der Waals surface area contributed by atoms with Crippen molar-refractivity contribution in [2.45, 2.75) is 26.5 Å². The van der Waals surface area contributed by atoms with E-state index in [1.807, 2.05) is 26.0 Å². The van der Waals surface area contributed by atoms with Crippen LogP contribution in [0, 0.1) is 17.2 Å². The van der Waals surface area contributed by atoms with Gasteiger partial charge in [0, 0.05) is 16.1 Å². The number of amides is 2. The van der Waals surface area contributed by atoms with Gasteiger partial charge in [-0.3, -0.25) is 9.59 Å². The topological polar surface area (TPSA) is 113 Å². The van der Waals surface area contributed by atoms with Gasteiger partial charge in [0.25, 0.3) is 11.8 Å². The number of nitrogens with zero attached hydrogens (tertiary/aromatic N) is 2. The van der Waals surface area contributed by atoms with E-state index in [1.54, 1.807) is 48.5 Å². The number of halogens is 1. The normalized spacial score (nSPS) is 11.6. The quantitative estimate of drug-likeness (QED) is 0.298. The van der Waals surface area contributed by atoms with Gasteiger partial charge in [0.2, 0.25) is 0 Å². The largest absolute Gasteiger partial charge is 0.493 e. The number of hydrazone groups is 1. The van der Waals surface area contributed by atoms with E-state index in [-0.39, 0.29) is 12.5 Å². The molecule has 0 saturated carbocycles. The van der Waals surface area contributed by atoms with Gasteiger partial charge in [0.05, 0.1) is 25.0 Å². The summed E-state index contributed by atoms with van der Waals surface area (Å²) >= 11 is 5.96. The zero-order valence-electron chi connectivity index (χ0n) is 20.7. The molecule has 1 atom stereocenters. The van der Waals surface area contributed by atoms with Crippen molar-refractivity contribution in [1.29, 1.82) is 5.26 Å². The number of benzene rings is 3. The predicted molar refractivity (Wildman–Crippen MR) is 142 cm³/mol. The molecular weight excluding hydrogens is 492 g/mol. The molecule has 0 aliphatic rings. The van der Waals surface area contributed by atoms with Gasteiger partial charge in [0.1, 0.15) is 12.6 Å². The highest BCUT2D eigenvalue weighted by atomic mass is 35.5. The van der Waals surface area contributed by atoms with Gasteiger partial charge >= 0.3 is 0 Å². The Bertz CT molecular complexity index is 1330. The van der Waals surface area contributed by atoms with E-state index in [1.165, 1.54) is 19.4 Å². The molecule has 8 nitrogen and oxygen atoms in total. The molecule has 0 aromatic heterocycles. The van der Waals surface area contributed by atoms with E-state index in [0.717, 1.165) is 5.56 Å². The van der Waals surface area contributed by atoms with Crippen molar-refractivity contribution in [2.75, 3.05) is 7.11 Å². The highest BCUT2D eigenvalue weighted by Gasteiger charge is 2.24. The van der Waals surface area contributed by atoms with Crippen molar-refractivity contribution >= 4 is 29.6 Å². The van der Waals surface area contributed by atoms with Gasteiger partial charge in [-0.1, -0.05) is 49.7 Å². The first-order valence-electron chi connectivity index (χ1n) is 11.5.